The maximum atomic E-state index is 12.6. The van der Waals surface area contributed by atoms with Gasteiger partial charge in [0.25, 0.3) is 0 Å². The molecule has 2 fully saturated rings. The number of carbonyl (C=O) groups excluding carboxylic acids is 1. The second-order valence-corrected chi connectivity index (χ2v) is 7.75. The molecule has 0 unspecified atom stereocenters. The summed E-state index contributed by atoms with van der Waals surface area (Å²) >= 11 is 0. The van der Waals surface area contributed by atoms with Gasteiger partial charge in [-0.15, -0.1) is 0 Å². The molecule has 3 rings (SSSR count). The molecule has 0 spiro atoms. The van der Waals surface area contributed by atoms with Crippen LogP contribution in [-0.4, -0.2) is 80.0 Å². The molecule has 2 aliphatic rings. The molecular formula is C21H34N4O. The molecule has 2 heterocycles. The zero-order valence-corrected chi connectivity index (χ0v) is 16.2. The molecule has 1 N–H and O–H groups in total. The zero-order chi connectivity index (χ0) is 18.2. The number of rotatable bonds is 7. The Morgan fingerprint density at radius 2 is 1.65 bits per heavy atom. The summed E-state index contributed by atoms with van der Waals surface area (Å²) in [4.78, 5) is 19.5. The highest BCUT2D eigenvalue weighted by Gasteiger charge is 2.25. The third-order valence-electron chi connectivity index (χ3n) is 5.84. The summed E-state index contributed by atoms with van der Waals surface area (Å²) in [6.45, 7) is 8.69. The molecular weight excluding hydrogens is 324 g/mol. The van der Waals surface area contributed by atoms with E-state index in [0.717, 1.165) is 71.1 Å². The van der Waals surface area contributed by atoms with Crippen LogP contribution in [0.5, 0.6) is 0 Å². The van der Waals surface area contributed by atoms with Gasteiger partial charge < -0.3 is 10.2 Å². The van der Waals surface area contributed by atoms with E-state index in [0.29, 0.717) is 12.5 Å². The maximum absolute atomic E-state index is 12.6. The lowest BCUT2D eigenvalue weighted by Gasteiger charge is -2.37. The zero-order valence-electron chi connectivity index (χ0n) is 16.2. The molecule has 5 heteroatoms. The quantitative estimate of drug-likeness (QED) is 0.804. The van der Waals surface area contributed by atoms with Crippen LogP contribution in [0.1, 0.15) is 24.8 Å². The van der Waals surface area contributed by atoms with Gasteiger partial charge in [0.05, 0.1) is 6.54 Å². The minimum Gasteiger partial charge on any atom is -0.342 e. The summed E-state index contributed by atoms with van der Waals surface area (Å²) in [6, 6.07) is 10.7. The Hall–Kier alpha value is -1.43. The second kappa shape index (κ2) is 10.0. The summed E-state index contributed by atoms with van der Waals surface area (Å²) in [6.07, 6.45) is 3.57. The first-order valence-electron chi connectivity index (χ1n) is 10.2. The van der Waals surface area contributed by atoms with Gasteiger partial charge in [0, 0.05) is 45.8 Å². The van der Waals surface area contributed by atoms with Gasteiger partial charge in [-0.1, -0.05) is 30.3 Å². The molecule has 0 bridgehead atoms. The predicted molar refractivity (Wildman–Crippen MR) is 106 cm³/mol. The van der Waals surface area contributed by atoms with Gasteiger partial charge in [0.1, 0.15) is 0 Å². The van der Waals surface area contributed by atoms with Crippen LogP contribution in [0.4, 0.5) is 0 Å². The third kappa shape index (κ3) is 5.79. The fourth-order valence-corrected chi connectivity index (χ4v) is 4.06. The summed E-state index contributed by atoms with van der Waals surface area (Å²) in [5.74, 6) is 1.11. The third-order valence-corrected chi connectivity index (χ3v) is 5.84. The first kappa shape index (κ1) is 19.3. The Morgan fingerprint density at radius 1 is 1.00 bits per heavy atom. The number of piperidine rings is 1. The molecule has 0 aliphatic carbocycles. The van der Waals surface area contributed by atoms with E-state index in [-0.39, 0.29) is 0 Å². The van der Waals surface area contributed by atoms with Gasteiger partial charge in [0.15, 0.2) is 0 Å². The number of amides is 1. The lowest BCUT2D eigenvalue weighted by molar-refractivity contribution is -0.134. The lowest BCUT2D eigenvalue weighted by Crippen LogP contribution is -2.50. The van der Waals surface area contributed by atoms with E-state index in [9.17, 15) is 4.79 Å². The van der Waals surface area contributed by atoms with Gasteiger partial charge >= 0.3 is 0 Å². The van der Waals surface area contributed by atoms with E-state index in [1.54, 1.807) is 0 Å². The van der Waals surface area contributed by atoms with E-state index in [1.165, 1.54) is 12.0 Å². The van der Waals surface area contributed by atoms with Crippen LogP contribution in [0.25, 0.3) is 0 Å². The molecule has 5 nitrogen and oxygen atoms in total. The van der Waals surface area contributed by atoms with Crippen molar-refractivity contribution >= 4 is 5.91 Å². The Balaban J connectivity index is 1.35. The van der Waals surface area contributed by atoms with Crippen molar-refractivity contribution in [3.8, 4) is 0 Å². The Morgan fingerprint density at radius 3 is 2.31 bits per heavy atom. The van der Waals surface area contributed by atoms with Crippen molar-refractivity contribution in [1.82, 2.24) is 20.0 Å². The van der Waals surface area contributed by atoms with Gasteiger partial charge in [-0.25, -0.2) is 0 Å². The number of nitrogens with zero attached hydrogens (tertiary/aromatic N) is 3. The molecule has 144 valence electrons. The summed E-state index contributed by atoms with van der Waals surface area (Å²) in [5, 5.41) is 3.23. The van der Waals surface area contributed by atoms with Crippen LogP contribution in [0.2, 0.25) is 0 Å². The SMILES string of the molecule is CNCCC1CCN(C(=O)CN2CCN(Cc3ccccc3)CC2)CC1. The molecule has 1 aromatic carbocycles. The molecule has 2 aliphatic heterocycles. The van der Waals surface area contributed by atoms with Gasteiger partial charge in [0.2, 0.25) is 5.91 Å². The van der Waals surface area contributed by atoms with Crippen LogP contribution in [-0.2, 0) is 11.3 Å². The van der Waals surface area contributed by atoms with Crippen LogP contribution in [0, 0.1) is 5.92 Å². The first-order chi connectivity index (χ1) is 12.7. The highest BCUT2D eigenvalue weighted by molar-refractivity contribution is 5.78. The van der Waals surface area contributed by atoms with Crippen molar-refractivity contribution in [2.75, 3.05) is 59.4 Å². The predicted octanol–water partition coefficient (Wildman–Crippen LogP) is 1.65. The maximum Gasteiger partial charge on any atom is 0.236 e. The van der Waals surface area contributed by atoms with Crippen molar-refractivity contribution in [3.63, 3.8) is 0 Å². The van der Waals surface area contributed by atoms with Gasteiger partial charge in [-0.2, -0.15) is 0 Å². The van der Waals surface area contributed by atoms with E-state index < -0.39 is 0 Å². The Labute approximate surface area is 158 Å². The smallest absolute Gasteiger partial charge is 0.236 e. The topological polar surface area (TPSA) is 38.8 Å². The van der Waals surface area contributed by atoms with E-state index in [1.807, 2.05) is 7.05 Å². The fourth-order valence-electron chi connectivity index (χ4n) is 4.06. The van der Waals surface area contributed by atoms with Crippen LogP contribution in [0.3, 0.4) is 0 Å². The minimum absolute atomic E-state index is 0.327. The largest absolute Gasteiger partial charge is 0.342 e. The molecule has 1 amide bonds. The number of nitrogens with one attached hydrogen (secondary N) is 1. The first-order valence-corrected chi connectivity index (χ1v) is 10.2. The highest BCUT2D eigenvalue weighted by Crippen LogP contribution is 2.20. The molecule has 1 aromatic rings. The minimum atomic E-state index is 0.327. The molecule has 26 heavy (non-hydrogen) atoms. The number of carbonyl (C=O) groups is 1. The van der Waals surface area contributed by atoms with Crippen molar-refractivity contribution in [1.29, 1.82) is 0 Å². The average Bonchev–Trinajstić information content (AvgIpc) is 2.69. The van der Waals surface area contributed by atoms with Crippen molar-refractivity contribution in [3.05, 3.63) is 35.9 Å². The van der Waals surface area contributed by atoms with Crippen molar-refractivity contribution < 1.29 is 4.79 Å². The Kier molecular flexibility index (Phi) is 7.47. The summed E-state index contributed by atoms with van der Waals surface area (Å²) in [5.41, 5.74) is 1.37. The summed E-state index contributed by atoms with van der Waals surface area (Å²) < 4.78 is 0. The van der Waals surface area contributed by atoms with Crippen LogP contribution < -0.4 is 5.32 Å². The standard InChI is InChI=1S/C21H34N4O/c1-22-10-7-19-8-11-25(12-9-19)21(26)18-24-15-13-23(14-16-24)17-20-5-3-2-4-6-20/h2-6,19,22H,7-18H2,1H3. The van der Waals surface area contributed by atoms with Crippen molar-refractivity contribution in [2.24, 2.45) is 5.92 Å². The lowest BCUT2D eigenvalue weighted by atomic mass is 9.93. The highest BCUT2D eigenvalue weighted by atomic mass is 16.2. The number of likely N-dealkylation sites (tertiary alicyclic amines) is 1. The molecule has 0 aromatic heterocycles. The fraction of sp³-hybridized carbons (Fsp3) is 0.667. The van der Waals surface area contributed by atoms with E-state index in [2.05, 4.69) is 50.3 Å². The molecule has 0 radical (unpaired) electrons. The normalized spacial score (nSPS) is 20.4. The van der Waals surface area contributed by atoms with Crippen LogP contribution >= 0.6 is 0 Å². The molecule has 0 saturated carbocycles. The van der Waals surface area contributed by atoms with Crippen LogP contribution in [0.15, 0.2) is 30.3 Å². The van der Waals surface area contributed by atoms with E-state index >= 15 is 0 Å². The van der Waals surface area contributed by atoms with Crippen molar-refractivity contribution in [2.45, 2.75) is 25.8 Å². The van der Waals surface area contributed by atoms with Gasteiger partial charge in [-0.3, -0.25) is 14.6 Å². The molecule has 0 atom stereocenters. The molecule has 2 saturated heterocycles. The summed E-state index contributed by atoms with van der Waals surface area (Å²) in [7, 11) is 2.01. The Bertz CT molecular complexity index is 534. The number of hydrogen-bond acceptors (Lipinski definition) is 4. The average molecular weight is 359 g/mol. The number of benzene rings is 1. The van der Waals surface area contributed by atoms with Gasteiger partial charge in [-0.05, 0) is 44.3 Å². The van der Waals surface area contributed by atoms with E-state index in [4.69, 9.17) is 0 Å². The monoisotopic (exact) mass is 358 g/mol. The second-order valence-electron chi connectivity index (χ2n) is 7.75. The number of piperazine rings is 1. The number of hydrogen-bond donors (Lipinski definition) is 1.